The van der Waals surface area contributed by atoms with E-state index >= 15 is 0 Å². The van der Waals surface area contributed by atoms with Crippen LogP contribution in [0.15, 0.2) is 18.2 Å². The molecule has 0 saturated carbocycles. The quantitative estimate of drug-likeness (QED) is 0.589. The second-order valence-electron chi connectivity index (χ2n) is 4.74. The first kappa shape index (κ1) is 16.6. The zero-order chi connectivity index (χ0) is 15.0. The second kappa shape index (κ2) is 8.64. The standard InChI is InChI=1S/C15H21F2NO2/c1-3-4-7-18-12(10-15(19)20-2)8-11-5-6-13(16)14(17)9-11/h5-6,9,12,18H,3-4,7-8,10H2,1-2H3. The van der Waals surface area contributed by atoms with Crippen molar-refractivity contribution in [1.29, 1.82) is 0 Å². The fourth-order valence-electron chi connectivity index (χ4n) is 1.94. The van der Waals surface area contributed by atoms with Gasteiger partial charge in [0.2, 0.25) is 0 Å². The summed E-state index contributed by atoms with van der Waals surface area (Å²) in [6.45, 7) is 2.86. The Balaban J connectivity index is 2.66. The van der Waals surface area contributed by atoms with E-state index in [9.17, 15) is 13.6 Å². The van der Waals surface area contributed by atoms with Crippen LogP contribution in [0.4, 0.5) is 8.78 Å². The number of rotatable bonds is 8. The number of ether oxygens (including phenoxy) is 1. The average molecular weight is 285 g/mol. The third-order valence-corrected chi connectivity index (χ3v) is 3.07. The number of nitrogens with one attached hydrogen (secondary N) is 1. The topological polar surface area (TPSA) is 38.3 Å². The van der Waals surface area contributed by atoms with E-state index in [1.807, 2.05) is 0 Å². The van der Waals surface area contributed by atoms with Crippen LogP contribution in [0, 0.1) is 11.6 Å². The average Bonchev–Trinajstić information content (AvgIpc) is 2.43. The van der Waals surface area contributed by atoms with Gasteiger partial charge in [-0.3, -0.25) is 4.79 Å². The number of methoxy groups -OCH3 is 1. The Kier molecular flexibility index (Phi) is 7.15. The van der Waals surface area contributed by atoms with Crippen LogP contribution in [0.1, 0.15) is 31.7 Å². The van der Waals surface area contributed by atoms with Crippen molar-refractivity contribution in [3.8, 4) is 0 Å². The van der Waals surface area contributed by atoms with Gasteiger partial charge >= 0.3 is 5.97 Å². The van der Waals surface area contributed by atoms with Crippen LogP contribution in [-0.4, -0.2) is 25.7 Å². The molecule has 0 saturated heterocycles. The molecule has 1 atom stereocenters. The largest absolute Gasteiger partial charge is 0.469 e. The predicted octanol–water partition coefficient (Wildman–Crippen LogP) is 2.83. The van der Waals surface area contributed by atoms with E-state index in [1.165, 1.54) is 19.2 Å². The Labute approximate surface area is 118 Å². The van der Waals surface area contributed by atoms with Crippen LogP contribution in [-0.2, 0) is 16.0 Å². The maximum Gasteiger partial charge on any atom is 0.307 e. The molecule has 1 N–H and O–H groups in total. The number of unbranched alkanes of at least 4 members (excludes halogenated alkanes) is 1. The highest BCUT2D eigenvalue weighted by Gasteiger charge is 2.15. The van der Waals surface area contributed by atoms with Crippen molar-refractivity contribution in [2.24, 2.45) is 0 Å². The molecular weight excluding hydrogens is 264 g/mol. The van der Waals surface area contributed by atoms with Crippen LogP contribution in [0.3, 0.4) is 0 Å². The molecule has 5 heteroatoms. The molecule has 1 aromatic carbocycles. The molecule has 0 heterocycles. The van der Waals surface area contributed by atoms with Gasteiger partial charge in [0.1, 0.15) is 0 Å². The first-order chi connectivity index (χ1) is 9.56. The molecule has 1 unspecified atom stereocenters. The van der Waals surface area contributed by atoms with Gasteiger partial charge in [-0.2, -0.15) is 0 Å². The van der Waals surface area contributed by atoms with Gasteiger partial charge in [0, 0.05) is 6.04 Å². The summed E-state index contributed by atoms with van der Waals surface area (Å²) < 4.78 is 30.7. The van der Waals surface area contributed by atoms with Crippen LogP contribution in [0.25, 0.3) is 0 Å². The molecule has 0 bridgehead atoms. The van der Waals surface area contributed by atoms with Crippen molar-refractivity contribution in [3.05, 3.63) is 35.4 Å². The first-order valence-corrected chi connectivity index (χ1v) is 6.81. The fourth-order valence-corrected chi connectivity index (χ4v) is 1.94. The number of benzene rings is 1. The van der Waals surface area contributed by atoms with Gasteiger partial charge in [0.15, 0.2) is 11.6 Å². The molecule has 1 rings (SSSR count). The van der Waals surface area contributed by atoms with Crippen molar-refractivity contribution in [3.63, 3.8) is 0 Å². The number of hydrogen-bond donors (Lipinski definition) is 1. The predicted molar refractivity (Wildman–Crippen MR) is 73.4 cm³/mol. The fraction of sp³-hybridized carbons (Fsp3) is 0.533. The number of halogens is 2. The summed E-state index contributed by atoms with van der Waals surface area (Å²) in [7, 11) is 1.34. The minimum Gasteiger partial charge on any atom is -0.469 e. The molecule has 112 valence electrons. The highest BCUT2D eigenvalue weighted by atomic mass is 19.2. The van der Waals surface area contributed by atoms with Gasteiger partial charge in [0.25, 0.3) is 0 Å². The molecule has 0 fully saturated rings. The van der Waals surface area contributed by atoms with Crippen molar-refractivity contribution in [2.75, 3.05) is 13.7 Å². The highest BCUT2D eigenvalue weighted by Crippen LogP contribution is 2.12. The van der Waals surface area contributed by atoms with Gasteiger partial charge in [-0.1, -0.05) is 19.4 Å². The minimum absolute atomic E-state index is 0.140. The summed E-state index contributed by atoms with van der Waals surface area (Å²) >= 11 is 0. The van der Waals surface area contributed by atoms with E-state index in [1.54, 1.807) is 0 Å². The third kappa shape index (κ3) is 5.65. The van der Waals surface area contributed by atoms with Crippen molar-refractivity contribution < 1.29 is 18.3 Å². The van der Waals surface area contributed by atoms with Crippen LogP contribution >= 0.6 is 0 Å². The molecule has 0 amide bonds. The molecule has 0 radical (unpaired) electrons. The van der Waals surface area contributed by atoms with Crippen molar-refractivity contribution >= 4 is 5.97 Å². The summed E-state index contributed by atoms with van der Waals surface area (Å²) in [5, 5.41) is 3.25. The summed E-state index contributed by atoms with van der Waals surface area (Å²) in [6, 6.07) is 3.66. The van der Waals surface area contributed by atoms with Crippen LogP contribution < -0.4 is 5.32 Å². The third-order valence-electron chi connectivity index (χ3n) is 3.07. The molecule has 1 aromatic rings. The van der Waals surface area contributed by atoms with Gasteiger partial charge in [-0.25, -0.2) is 8.78 Å². The highest BCUT2D eigenvalue weighted by molar-refractivity contribution is 5.70. The van der Waals surface area contributed by atoms with E-state index in [-0.39, 0.29) is 18.4 Å². The lowest BCUT2D eigenvalue weighted by Crippen LogP contribution is -2.34. The molecule has 0 aromatic heterocycles. The SMILES string of the molecule is CCCCNC(CC(=O)OC)Cc1ccc(F)c(F)c1. The number of hydrogen-bond acceptors (Lipinski definition) is 3. The van der Waals surface area contributed by atoms with Gasteiger partial charge in [0.05, 0.1) is 13.5 Å². The maximum atomic E-state index is 13.2. The Morgan fingerprint density at radius 1 is 1.35 bits per heavy atom. The molecule has 0 aliphatic rings. The summed E-state index contributed by atoms with van der Waals surface area (Å²) in [6.07, 6.45) is 2.70. The van der Waals surface area contributed by atoms with E-state index < -0.39 is 11.6 Å². The Morgan fingerprint density at radius 2 is 2.10 bits per heavy atom. The molecule has 0 aliphatic heterocycles. The Bertz CT molecular complexity index is 438. The molecule has 20 heavy (non-hydrogen) atoms. The van der Waals surface area contributed by atoms with Gasteiger partial charge in [-0.05, 0) is 37.1 Å². The zero-order valence-corrected chi connectivity index (χ0v) is 11.9. The first-order valence-electron chi connectivity index (χ1n) is 6.81. The molecule has 0 aliphatic carbocycles. The summed E-state index contributed by atoms with van der Waals surface area (Å²) in [4.78, 5) is 11.4. The summed E-state index contributed by atoms with van der Waals surface area (Å²) in [5.74, 6) is -2.05. The lowest BCUT2D eigenvalue weighted by molar-refractivity contribution is -0.141. The normalized spacial score (nSPS) is 12.2. The number of esters is 1. The molecule has 0 spiro atoms. The van der Waals surface area contributed by atoms with Crippen LogP contribution in [0.5, 0.6) is 0 Å². The number of carbonyl (C=O) groups is 1. The van der Waals surface area contributed by atoms with E-state index in [0.717, 1.165) is 25.5 Å². The van der Waals surface area contributed by atoms with Gasteiger partial charge < -0.3 is 10.1 Å². The van der Waals surface area contributed by atoms with Crippen molar-refractivity contribution in [1.82, 2.24) is 5.32 Å². The molecule has 3 nitrogen and oxygen atoms in total. The lowest BCUT2D eigenvalue weighted by atomic mass is 10.0. The zero-order valence-electron chi connectivity index (χ0n) is 11.9. The van der Waals surface area contributed by atoms with E-state index in [2.05, 4.69) is 17.0 Å². The maximum absolute atomic E-state index is 13.2. The smallest absolute Gasteiger partial charge is 0.307 e. The van der Waals surface area contributed by atoms with Crippen LogP contribution in [0.2, 0.25) is 0 Å². The number of carbonyl (C=O) groups excluding carboxylic acids is 1. The van der Waals surface area contributed by atoms with Gasteiger partial charge in [-0.15, -0.1) is 0 Å². The minimum atomic E-state index is -0.868. The monoisotopic (exact) mass is 285 g/mol. The van der Waals surface area contributed by atoms with E-state index in [4.69, 9.17) is 0 Å². The molecular formula is C15H21F2NO2. The van der Waals surface area contributed by atoms with Crippen molar-refractivity contribution in [2.45, 2.75) is 38.6 Å². The lowest BCUT2D eigenvalue weighted by Gasteiger charge is -2.17. The Morgan fingerprint density at radius 3 is 2.70 bits per heavy atom. The Hall–Kier alpha value is -1.49. The van der Waals surface area contributed by atoms with E-state index in [0.29, 0.717) is 12.0 Å². The second-order valence-corrected chi connectivity index (χ2v) is 4.74. The summed E-state index contributed by atoms with van der Waals surface area (Å²) in [5.41, 5.74) is 0.654.